The molecule has 2 aliphatic carbocycles. The van der Waals surface area contributed by atoms with Gasteiger partial charge in [-0.05, 0) is 37.5 Å². The molecule has 106 valence electrons. The predicted octanol–water partition coefficient (Wildman–Crippen LogP) is 2.62. The first-order valence-electron chi connectivity index (χ1n) is 7.30. The lowest BCUT2D eigenvalue weighted by Gasteiger charge is -2.30. The minimum absolute atomic E-state index is 0. The molecule has 4 heteroatoms. The van der Waals surface area contributed by atoms with Gasteiger partial charge in [0.05, 0.1) is 0 Å². The molecule has 0 aromatic rings. The lowest BCUT2D eigenvalue weighted by atomic mass is 9.86. The molecule has 18 heavy (non-hydrogen) atoms. The Balaban J connectivity index is 0.00000162. The van der Waals surface area contributed by atoms with Crippen molar-refractivity contribution in [3.05, 3.63) is 0 Å². The molecule has 2 saturated carbocycles. The van der Waals surface area contributed by atoms with E-state index in [4.69, 9.17) is 5.73 Å². The van der Waals surface area contributed by atoms with Gasteiger partial charge in [-0.3, -0.25) is 4.79 Å². The minimum Gasteiger partial charge on any atom is -0.353 e. The van der Waals surface area contributed by atoms with Crippen molar-refractivity contribution in [3.8, 4) is 0 Å². The monoisotopic (exact) mass is 274 g/mol. The Kier molecular flexibility index (Phi) is 7.02. The molecule has 0 unspecified atom stereocenters. The van der Waals surface area contributed by atoms with Crippen LogP contribution in [0, 0.1) is 11.8 Å². The summed E-state index contributed by atoms with van der Waals surface area (Å²) in [5, 5.41) is 3.28. The van der Waals surface area contributed by atoms with Gasteiger partial charge >= 0.3 is 0 Å². The van der Waals surface area contributed by atoms with E-state index in [2.05, 4.69) is 5.32 Å². The Hall–Kier alpha value is -0.280. The standard InChI is InChI=1S/C14H26N2O.ClH/c15-10-9-13(17)16-14(11-5-1-2-6-11)12-7-3-4-8-12;/h11-12,14H,1-10,15H2,(H,16,17);1H. The zero-order valence-corrected chi connectivity index (χ0v) is 12.0. The van der Waals surface area contributed by atoms with E-state index >= 15 is 0 Å². The van der Waals surface area contributed by atoms with Crippen LogP contribution in [0.4, 0.5) is 0 Å². The average Bonchev–Trinajstić information content (AvgIpc) is 3.00. The van der Waals surface area contributed by atoms with Crippen LogP contribution >= 0.6 is 12.4 Å². The third-order valence-electron chi connectivity index (χ3n) is 4.51. The molecule has 0 bridgehead atoms. The fourth-order valence-corrected chi connectivity index (χ4v) is 3.64. The molecule has 0 aromatic heterocycles. The highest BCUT2D eigenvalue weighted by Gasteiger charge is 2.33. The van der Waals surface area contributed by atoms with Gasteiger partial charge < -0.3 is 11.1 Å². The van der Waals surface area contributed by atoms with E-state index in [-0.39, 0.29) is 18.3 Å². The highest BCUT2D eigenvalue weighted by atomic mass is 35.5. The Morgan fingerprint density at radius 1 is 1.06 bits per heavy atom. The van der Waals surface area contributed by atoms with E-state index in [0.29, 0.717) is 19.0 Å². The molecular weight excluding hydrogens is 248 g/mol. The molecule has 0 radical (unpaired) electrons. The molecule has 0 heterocycles. The largest absolute Gasteiger partial charge is 0.353 e. The van der Waals surface area contributed by atoms with Crippen LogP contribution in [-0.4, -0.2) is 18.5 Å². The smallest absolute Gasteiger partial charge is 0.221 e. The summed E-state index contributed by atoms with van der Waals surface area (Å²) >= 11 is 0. The molecule has 2 fully saturated rings. The summed E-state index contributed by atoms with van der Waals surface area (Å²) in [4.78, 5) is 11.8. The van der Waals surface area contributed by atoms with E-state index in [1.165, 1.54) is 51.4 Å². The van der Waals surface area contributed by atoms with Crippen molar-refractivity contribution < 1.29 is 4.79 Å². The molecule has 0 spiro atoms. The number of amides is 1. The second-order valence-corrected chi connectivity index (χ2v) is 5.72. The maximum absolute atomic E-state index is 11.8. The van der Waals surface area contributed by atoms with Gasteiger partial charge in [-0.1, -0.05) is 25.7 Å². The zero-order valence-electron chi connectivity index (χ0n) is 11.2. The first-order valence-corrected chi connectivity index (χ1v) is 7.30. The molecule has 3 N–H and O–H groups in total. The van der Waals surface area contributed by atoms with Crippen molar-refractivity contribution in [2.24, 2.45) is 17.6 Å². The topological polar surface area (TPSA) is 55.1 Å². The normalized spacial score (nSPS) is 21.2. The van der Waals surface area contributed by atoms with Crippen LogP contribution in [0.15, 0.2) is 0 Å². The number of carbonyl (C=O) groups is 1. The Morgan fingerprint density at radius 2 is 1.50 bits per heavy atom. The molecule has 2 rings (SSSR count). The van der Waals surface area contributed by atoms with Gasteiger partial charge in [-0.15, -0.1) is 12.4 Å². The number of nitrogens with two attached hydrogens (primary N) is 1. The molecule has 0 atom stereocenters. The molecule has 1 amide bonds. The van der Waals surface area contributed by atoms with Gasteiger partial charge in [0, 0.05) is 19.0 Å². The summed E-state index contributed by atoms with van der Waals surface area (Å²) in [5.74, 6) is 1.64. The molecule has 0 aromatic carbocycles. The van der Waals surface area contributed by atoms with Crippen LogP contribution in [0.3, 0.4) is 0 Å². The van der Waals surface area contributed by atoms with Crippen molar-refractivity contribution in [1.29, 1.82) is 0 Å². The summed E-state index contributed by atoms with van der Waals surface area (Å²) in [6, 6.07) is 0.444. The molecular formula is C14H27ClN2O. The van der Waals surface area contributed by atoms with Gasteiger partial charge in [0.2, 0.25) is 5.91 Å². The second-order valence-electron chi connectivity index (χ2n) is 5.72. The van der Waals surface area contributed by atoms with Crippen LogP contribution in [0.2, 0.25) is 0 Å². The highest BCUT2D eigenvalue weighted by molar-refractivity contribution is 5.85. The minimum atomic E-state index is 0. The fourth-order valence-electron chi connectivity index (χ4n) is 3.64. The van der Waals surface area contributed by atoms with E-state index < -0.39 is 0 Å². The van der Waals surface area contributed by atoms with Crippen LogP contribution in [0.5, 0.6) is 0 Å². The Morgan fingerprint density at radius 3 is 1.89 bits per heavy atom. The van der Waals surface area contributed by atoms with Crippen LogP contribution in [-0.2, 0) is 4.79 Å². The third kappa shape index (κ3) is 4.13. The maximum Gasteiger partial charge on any atom is 0.221 e. The van der Waals surface area contributed by atoms with Gasteiger partial charge in [0.15, 0.2) is 0 Å². The summed E-state index contributed by atoms with van der Waals surface area (Å²) in [6.45, 7) is 0.466. The van der Waals surface area contributed by atoms with Gasteiger partial charge in [-0.25, -0.2) is 0 Å². The summed E-state index contributed by atoms with van der Waals surface area (Å²) in [7, 11) is 0. The molecule has 2 aliphatic rings. The van der Waals surface area contributed by atoms with E-state index in [1.807, 2.05) is 0 Å². The van der Waals surface area contributed by atoms with Gasteiger partial charge in [0.1, 0.15) is 0 Å². The van der Waals surface area contributed by atoms with Crippen molar-refractivity contribution in [3.63, 3.8) is 0 Å². The SMILES string of the molecule is Cl.NCCC(=O)NC(C1CCCC1)C1CCCC1. The number of hydrogen-bond donors (Lipinski definition) is 2. The van der Waals surface area contributed by atoms with Crippen LogP contribution in [0.25, 0.3) is 0 Å². The van der Waals surface area contributed by atoms with Crippen LogP contribution < -0.4 is 11.1 Å². The number of hydrogen-bond acceptors (Lipinski definition) is 2. The summed E-state index contributed by atoms with van der Waals surface area (Å²) in [5.41, 5.74) is 5.45. The summed E-state index contributed by atoms with van der Waals surface area (Å²) in [6.07, 6.45) is 11.1. The number of rotatable bonds is 5. The predicted molar refractivity (Wildman–Crippen MR) is 76.8 cm³/mol. The van der Waals surface area contributed by atoms with Gasteiger partial charge in [0.25, 0.3) is 0 Å². The Labute approximate surface area is 117 Å². The summed E-state index contributed by atoms with van der Waals surface area (Å²) < 4.78 is 0. The van der Waals surface area contributed by atoms with Crippen molar-refractivity contribution in [2.75, 3.05) is 6.54 Å². The second kappa shape index (κ2) is 8.00. The lowest BCUT2D eigenvalue weighted by Crippen LogP contribution is -2.44. The van der Waals surface area contributed by atoms with E-state index in [1.54, 1.807) is 0 Å². The van der Waals surface area contributed by atoms with Gasteiger partial charge in [-0.2, -0.15) is 0 Å². The molecule has 3 nitrogen and oxygen atoms in total. The molecule has 0 saturated heterocycles. The van der Waals surface area contributed by atoms with Crippen LogP contribution in [0.1, 0.15) is 57.8 Å². The number of halogens is 1. The van der Waals surface area contributed by atoms with Crippen molar-refractivity contribution in [2.45, 2.75) is 63.8 Å². The maximum atomic E-state index is 11.8. The van der Waals surface area contributed by atoms with E-state index in [0.717, 1.165) is 11.8 Å². The average molecular weight is 275 g/mol. The van der Waals surface area contributed by atoms with E-state index in [9.17, 15) is 4.79 Å². The Bertz CT molecular complexity index is 232. The first-order chi connectivity index (χ1) is 8.31. The quantitative estimate of drug-likeness (QED) is 0.810. The molecule has 0 aliphatic heterocycles. The van der Waals surface area contributed by atoms with Crippen molar-refractivity contribution >= 4 is 18.3 Å². The number of carbonyl (C=O) groups excluding carboxylic acids is 1. The third-order valence-corrected chi connectivity index (χ3v) is 4.51. The lowest BCUT2D eigenvalue weighted by molar-refractivity contribution is -0.122. The first kappa shape index (κ1) is 15.8. The highest BCUT2D eigenvalue weighted by Crippen LogP contribution is 2.37. The van der Waals surface area contributed by atoms with Crippen molar-refractivity contribution in [1.82, 2.24) is 5.32 Å². The number of nitrogens with one attached hydrogen (secondary N) is 1. The fraction of sp³-hybridized carbons (Fsp3) is 0.929. The zero-order chi connectivity index (χ0) is 12.1.